The molecule has 3 rings (SSSR count). The van der Waals surface area contributed by atoms with Crippen LogP contribution in [0.4, 0.5) is 5.69 Å². The van der Waals surface area contributed by atoms with Crippen LogP contribution in [0, 0.1) is 0 Å². The molecule has 3 aromatic rings. The number of rotatable bonds is 6. The second-order valence-electron chi connectivity index (χ2n) is 5.62. The molecule has 2 aromatic carbocycles. The standard InChI is InChI=1S/C19H17N3O3S2/c1-14(15-6-3-2-4-7-15)20-21-19(23)16-9-11-17(12-10-16)22-27(24,25)18-8-5-13-26-18/h2-13,22H,1H3,(H,21,23)/b20-14-. The Morgan fingerprint density at radius 1 is 0.926 bits per heavy atom. The van der Waals surface area contributed by atoms with Gasteiger partial charge in [-0.1, -0.05) is 36.4 Å². The van der Waals surface area contributed by atoms with Crippen molar-refractivity contribution in [2.24, 2.45) is 5.10 Å². The summed E-state index contributed by atoms with van der Waals surface area (Å²) in [7, 11) is -3.61. The summed E-state index contributed by atoms with van der Waals surface area (Å²) in [6, 6.07) is 18.8. The molecule has 0 unspecified atom stereocenters. The Balaban J connectivity index is 1.66. The first-order valence-electron chi connectivity index (χ1n) is 8.02. The molecule has 27 heavy (non-hydrogen) atoms. The number of carbonyl (C=O) groups excluding carboxylic acids is 1. The van der Waals surface area contributed by atoms with Crippen molar-refractivity contribution in [1.29, 1.82) is 0 Å². The topological polar surface area (TPSA) is 87.6 Å². The van der Waals surface area contributed by atoms with E-state index in [0.29, 0.717) is 17.0 Å². The summed E-state index contributed by atoms with van der Waals surface area (Å²) in [4.78, 5) is 12.2. The van der Waals surface area contributed by atoms with E-state index in [2.05, 4.69) is 15.2 Å². The van der Waals surface area contributed by atoms with Gasteiger partial charge in [0.2, 0.25) is 0 Å². The normalized spacial score (nSPS) is 11.8. The van der Waals surface area contributed by atoms with Gasteiger partial charge in [-0.2, -0.15) is 5.10 Å². The molecule has 0 aliphatic carbocycles. The van der Waals surface area contributed by atoms with Crippen molar-refractivity contribution in [3.05, 3.63) is 83.2 Å². The molecule has 8 heteroatoms. The van der Waals surface area contributed by atoms with Crippen LogP contribution >= 0.6 is 11.3 Å². The predicted octanol–water partition coefficient (Wildman–Crippen LogP) is 3.70. The van der Waals surface area contributed by atoms with Gasteiger partial charge in [0, 0.05) is 11.3 Å². The molecule has 0 saturated heterocycles. The largest absolute Gasteiger partial charge is 0.279 e. The molecule has 0 aliphatic rings. The van der Waals surface area contributed by atoms with E-state index in [1.165, 1.54) is 30.3 Å². The van der Waals surface area contributed by atoms with Crippen LogP contribution in [0.15, 0.2) is 81.4 Å². The van der Waals surface area contributed by atoms with E-state index in [1.54, 1.807) is 18.4 Å². The number of amides is 1. The van der Waals surface area contributed by atoms with Crippen LogP contribution in [0.3, 0.4) is 0 Å². The minimum Gasteiger partial charge on any atom is -0.279 e. The van der Waals surface area contributed by atoms with Gasteiger partial charge in [-0.05, 0) is 48.2 Å². The number of nitrogens with one attached hydrogen (secondary N) is 2. The monoisotopic (exact) mass is 399 g/mol. The fraction of sp³-hybridized carbons (Fsp3) is 0.0526. The van der Waals surface area contributed by atoms with E-state index >= 15 is 0 Å². The highest BCUT2D eigenvalue weighted by atomic mass is 32.2. The predicted molar refractivity (Wildman–Crippen MR) is 108 cm³/mol. The highest BCUT2D eigenvalue weighted by Crippen LogP contribution is 2.20. The van der Waals surface area contributed by atoms with Gasteiger partial charge in [0.1, 0.15) is 4.21 Å². The Labute approximate surface area is 161 Å². The number of hydrogen-bond acceptors (Lipinski definition) is 5. The van der Waals surface area contributed by atoms with Crippen molar-refractivity contribution in [3.8, 4) is 0 Å². The molecular formula is C19H17N3O3S2. The quantitative estimate of drug-likeness (QED) is 0.489. The lowest BCUT2D eigenvalue weighted by atomic mass is 10.1. The lowest BCUT2D eigenvalue weighted by molar-refractivity contribution is 0.0955. The number of thiophene rings is 1. The SMILES string of the molecule is C/C(=N/NC(=O)c1ccc(NS(=O)(=O)c2cccs2)cc1)c1ccccc1. The number of sulfonamides is 1. The first-order valence-corrected chi connectivity index (χ1v) is 10.4. The third kappa shape index (κ3) is 4.81. The summed E-state index contributed by atoms with van der Waals surface area (Å²) in [6.45, 7) is 1.80. The zero-order valence-electron chi connectivity index (χ0n) is 14.4. The van der Waals surface area contributed by atoms with Gasteiger partial charge < -0.3 is 0 Å². The van der Waals surface area contributed by atoms with Crippen LogP contribution in [0.25, 0.3) is 0 Å². The van der Waals surface area contributed by atoms with Gasteiger partial charge in [-0.15, -0.1) is 11.3 Å². The number of anilines is 1. The van der Waals surface area contributed by atoms with Crippen molar-refractivity contribution < 1.29 is 13.2 Å². The van der Waals surface area contributed by atoms with Gasteiger partial charge in [-0.3, -0.25) is 9.52 Å². The lowest BCUT2D eigenvalue weighted by Gasteiger charge is -2.07. The van der Waals surface area contributed by atoms with Crippen LogP contribution in [0.5, 0.6) is 0 Å². The van der Waals surface area contributed by atoms with Crippen molar-refractivity contribution in [2.45, 2.75) is 11.1 Å². The summed E-state index contributed by atoms with van der Waals surface area (Å²) in [5, 5.41) is 5.79. The molecule has 0 atom stereocenters. The van der Waals surface area contributed by atoms with Gasteiger partial charge in [0.15, 0.2) is 0 Å². The Hall–Kier alpha value is -2.97. The molecule has 1 heterocycles. The number of hydrazone groups is 1. The average Bonchev–Trinajstić information content (AvgIpc) is 3.23. The smallest absolute Gasteiger partial charge is 0.271 e. The number of nitrogens with zero attached hydrogens (tertiary/aromatic N) is 1. The summed E-state index contributed by atoms with van der Waals surface area (Å²) in [6.07, 6.45) is 0. The Morgan fingerprint density at radius 3 is 2.26 bits per heavy atom. The Bertz CT molecular complexity index is 1040. The highest BCUT2D eigenvalue weighted by molar-refractivity contribution is 7.94. The van der Waals surface area contributed by atoms with Crippen molar-refractivity contribution in [2.75, 3.05) is 4.72 Å². The molecule has 0 fully saturated rings. The minimum absolute atomic E-state index is 0.232. The minimum atomic E-state index is -3.61. The van der Waals surface area contributed by atoms with Crippen molar-refractivity contribution in [1.82, 2.24) is 5.43 Å². The molecule has 0 saturated carbocycles. The second-order valence-corrected chi connectivity index (χ2v) is 8.48. The van der Waals surface area contributed by atoms with Crippen molar-refractivity contribution in [3.63, 3.8) is 0 Å². The summed E-state index contributed by atoms with van der Waals surface area (Å²) in [5.41, 5.74) is 4.85. The Kier molecular flexibility index (Phi) is 5.68. The first kappa shape index (κ1) is 18.8. The lowest BCUT2D eigenvalue weighted by Crippen LogP contribution is -2.19. The fourth-order valence-corrected chi connectivity index (χ4v) is 4.31. The van der Waals surface area contributed by atoms with E-state index in [0.717, 1.165) is 16.9 Å². The third-order valence-corrected chi connectivity index (χ3v) is 6.45. The van der Waals surface area contributed by atoms with Crippen molar-refractivity contribution >= 4 is 38.7 Å². The van der Waals surface area contributed by atoms with Crippen LogP contribution < -0.4 is 10.1 Å². The molecule has 138 valence electrons. The van der Waals surface area contributed by atoms with E-state index in [1.807, 2.05) is 30.3 Å². The summed E-state index contributed by atoms with van der Waals surface area (Å²) >= 11 is 1.14. The maximum atomic E-state index is 12.2. The highest BCUT2D eigenvalue weighted by Gasteiger charge is 2.15. The molecule has 0 radical (unpaired) electrons. The first-order chi connectivity index (χ1) is 13.0. The number of benzene rings is 2. The number of carbonyl (C=O) groups is 1. The summed E-state index contributed by atoms with van der Waals surface area (Å²) in [5.74, 6) is -0.377. The Morgan fingerprint density at radius 2 is 1.63 bits per heavy atom. The molecule has 0 spiro atoms. The van der Waals surface area contributed by atoms with Crippen LogP contribution in [0.2, 0.25) is 0 Å². The molecule has 0 aliphatic heterocycles. The maximum absolute atomic E-state index is 12.2. The van der Waals surface area contributed by atoms with E-state index < -0.39 is 10.0 Å². The van der Waals surface area contributed by atoms with Gasteiger partial charge in [0.25, 0.3) is 15.9 Å². The second kappa shape index (κ2) is 8.15. The average molecular weight is 399 g/mol. The molecule has 1 amide bonds. The van der Waals surface area contributed by atoms with Crippen LogP contribution in [0.1, 0.15) is 22.8 Å². The van der Waals surface area contributed by atoms with E-state index in [9.17, 15) is 13.2 Å². The number of hydrogen-bond donors (Lipinski definition) is 2. The van der Waals surface area contributed by atoms with Gasteiger partial charge >= 0.3 is 0 Å². The zero-order valence-corrected chi connectivity index (χ0v) is 16.0. The molecule has 0 bridgehead atoms. The van der Waals surface area contributed by atoms with Crippen LogP contribution in [-0.2, 0) is 10.0 Å². The van der Waals surface area contributed by atoms with Gasteiger partial charge in [-0.25, -0.2) is 13.8 Å². The van der Waals surface area contributed by atoms with E-state index in [-0.39, 0.29) is 10.1 Å². The molecule has 1 aromatic heterocycles. The maximum Gasteiger partial charge on any atom is 0.271 e. The molecular weight excluding hydrogens is 382 g/mol. The van der Waals surface area contributed by atoms with E-state index in [4.69, 9.17) is 0 Å². The fourth-order valence-electron chi connectivity index (χ4n) is 2.25. The third-order valence-electron chi connectivity index (χ3n) is 3.68. The zero-order chi connectivity index (χ0) is 19.3. The summed E-state index contributed by atoms with van der Waals surface area (Å²) < 4.78 is 27.1. The van der Waals surface area contributed by atoms with Crippen LogP contribution in [-0.4, -0.2) is 20.0 Å². The molecule has 2 N–H and O–H groups in total. The molecule has 6 nitrogen and oxygen atoms in total. The van der Waals surface area contributed by atoms with Gasteiger partial charge in [0.05, 0.1) is 5.71 Å².